The monoisotopic (exact) mass is 622 g/mol. The molecule has 0 amide bonds. The summed E-state index contributed by atoms with van der Waals surface area (Å²) in [7, 11) is 2.92. The maximum absolute atomic E-state index is 11.7. The number of methoxy groups -OCH3 is 2. The van der Waals surface area contributed by atoms with Gasteiger partial charge in [0.25, 0.3) is 0 Å². The van der Waals surface area contributed by atoms with Gasteiger partial charge in [-0.25, -0.2) is 0 Å². The van der Waals surface area contributed by atoms with Crippen LogP contribution in [0.25, 0.3) is 0 Å². The molecule has 0 spiro atoms. The van der Waals surface area contributed by atoms with Crippen LogP contribution in [0.3, 0.4) is 0 Å². The molecule has 0 saturated carbocycles. The van der Waals surface area contributed by atoms with Crippen LogP contribution in [0.15, 0.2) is 57.5 Å². The molecule has 196 valence electrons. The molecule has 4 atom stereocenters. The number of rotatable bonds is 6. The average molecular weight is 624 g/mol. The van der Waals surface area contributed by atoms with Crippen LogP contribution in [0.5, 0.6) is 0 Å². The van der Waals surface area contributed by atoms with Crippen LogP contribution >= 0.6 is 31.9 Å². The van der Waals surface area contributed by atoms with Crippen LogP contribution in [0.2, 0.25) is 0 Å². The molecule has 0 aliphatic carbocycles. The number of likely N-dealkylation sites (tertiary alicyclic amines) is 2. The molecular weight excluding hydrogens is 588 g/mol. The van der Waals surface area contributed by atoms with Crippen molar-refractivity contribution in [3.8, 4) is 0 Å². The molecule has 36 heavy (non-hydrogen) atoms. The Bertz CT molecular complexity index is 918. The van der Waals surface area contributed by atoms with Crippen LogP contribution in [0.1, 0.15) is 62.7 Å². The number of hydrogen-bond acceptors (Lipinski definition) is 6. The van der Waals surface area contributed by atoms with Crippen molar-refractivity contribution >= 4 is 43.8 Å². The van der Waals surface area contributed by atoms with Crippen LogP contribution in [-0.4, -0.2) is 61.1 Å². The number of esters is 2. The van der Waals surface area contributed by atoms with Crippen molar-refractivity contribution in [2.45, 2.75) is 63.7 Å². The molecule has 2 aliphatic rings. The molecule has 0 N–H and O–H groups in total. The van der Waals surface area contributed by atoms with Crippen LogP contribution < -0.4 is 0 Å². The first kappa shape index (κ1) is 28.8. The molecule has 2 aromatic rings. The standard InChI is InChI=1S/2C14H18BrNO2/c2*1-10(11-5-7-12(15)8-6-11)16-9-3-4-13(16)14(17)18-2/h2*5-8,10,13H,3-4,9H2,1-2H3/t10-,13+;10-,13-/m00/s1. The molecular formula is C28H36Br2N2O4. The predicted octanol–water partition coefficient (Wildman–Crippen LogP) is 6.30. The third kappa shape index (κ3) is 7.18. The SMILES string of the molecule is COC(=O)[C@@H]1CCCN1[C@@H](C)c1ccc(Br)cc1.COC(=O)[C@H]1CCCN1[C@@H](C)c1ccc(Br)cc1. The summed E-state index contributed by atoms with van der Waals surface area (Å²) in [5.41, 5.74) is 2.46. The zero-order chi connectivity index (χ0) is 26.2. The van der Waals surface area contributed by atoms with Gasteiger partial charge in [0.2, 0.25) is 0 Å². The van der Waals surface area contributed by atoms with Crippen molar-refractivity contribution in [1.82, 2.24) is 9.80 Å². The van der Waals surface area contributed by atoms with Gasteiger partial charge >= 0.3 is 11.9 Å². The Kier molecular flexibility index (Phi) is 11.0. The third-order valence-electron chi connectivity index (χ3n) is 7.23. The second-order valence-electron chi connectivity index (χ2n) is 9.29. The van der Waals surface area contributed by atoms with Gasteiger partial charge in [0.05, 0.1) is 14.2 Å². The Hall–Kier alpha value is -1.74. The highest BCUT2D eigenvalue weighted by Gasteiger charge is 2.35. The summed E-state index contributed by atoms with van der Waals surface area (Å²) >= 11 is 6.87. The lowest BCUT2D eigenvalue weighted by atomic mass is 10.1. The van der Waals surface area contributed by atoms with Crippen molar-refractivity contribution in [2.24, 2.45) is 0 Å². The number of carbonyl (C=O) groups excluding carboxylic acids is 2. The van der Waals surface area contributed by atoms with Gasteiger partial charge in [-0.3, -0.25) is 19.4 Å². The summed E-state index contributed by atoms with van der Waals surface area (Å²) in [6.45, 7) is 6.20. The van der Waals surface area contributed by atoms with E-state index in [1.165, 1.54) is 25.3 Å². The number of halogens is 2. The van der Waals surface area contributed by atoms with Crippen molar-refractivity contribution in [1.29, 1.82) is 0 Å². The topological polar surface area (TPSA) is 59.1 Å². The minimum absolute atomic E-state index is 0.0892. The molecule has 0 bridgehead atoms. The third-order valence-corrected chi connectivity index (χ3v) is 8.29. The van der Waals surface area contributed by atoms with Crippen molar-refractivity contribution < 1.29 is 19.1 Å². The number of nitrogens with zero attached hydrogens (tertiary/aromatic N) is 2. The van der Waals surface area contributed by atoms with Gasteiger partial charge in [-0.2, -0.15) is 0 Å². The fourth-order valence-corrected chi connectivity index (χ4v) is 5.68. The Morgan fingerprint density at radius 3 is 1.36 bits per heavy atom. The summed E-state index contributed by atoms with van der Waals surface area (Å²) in [5, 5.41) is 0. The summed E-state index contributed by atoms with van der Waals surface area (Å²) < 4.78 is 11.9. The van der Waals surface area contributed by atoms with E-state index in [0.29, 0.717) is 0 Å². The Morgan fingerprint density at radius 1 is 0.722 bits per heavy atom. The summed E-state index contributed by atoms with van der Waals surface area (Å²) in [4.78, 5) is 27.9. The molecule has 0 radical (unpaired) electrons. The molecule has 2 aromatic carbocycles. The van der Waals surface area contributed by atoms with Gasteiger partial charge in [0.1, 0.15) is 12.1 Å². The van der Waals surface area contributed by atoms with Crippen LogP contribution in [-0.2, 0) is 19.1 Å². The predicted molar refractivity (Wildman–Crippen MR) is 149 cm³/mol. The largest absolute Gasteiger partial charge is 0.468 e. The zero-order valence-electron chi connectivity index (χ0n) is 21.5. The first-order valence-corrected chi connectivity index (χ1v) is 14.0. The smallest absolute Gasteiger partial charge is 0.323 e. The maximum atomic E-state index is 11.7. The first-order valence-electron chi connectivity index (χ1n) is 12.4. The van der Waals surface area contributed by atoms with E-state index < -0.39 is 0 Å². The van der Waals surface area contributed by atoms with Gasteiger partial charge in [0, 0.05) is 21.0 Å². The summed E-state index contributed by atoms with van der Waals surface area (Å²) in [5.74, 6) is -0.229. The quantitative estimate of drug-likeness (QED) is 0.352. The van der Waals surface area contributed by atoms with E-state index in [1.807, 2.05) is 24.3 Å². The maximum Gasteiger partial charge on any atom is 0.323 e. The highest BCUT2D eigenvalue weighted by Crippen LogP contribution is 2.31. The van der Waals surface area contributed by atoms with Gasteiger partial charge in [-0.15, -0.1) is 0 Å². The van der Waals surface area contributed by atoms with E-state index >= 15 is 0 Å². The highest BCUT2D eigenvalue weighted by molar-refractivity contribution is 9.10. The molecule has 2 saturated heterocycles. The van der Waals surface area contributed by atoms with E-state index in [-0.39, 0.29) is 36.1 Å². The van der Waals surface area contributed by atoms with Crippen molar-refractivity contribution in [3.05, 3.63) is 68.6 Å². The normalized spacial score (nSPS) is 21.8. The molecule has 8 heteroatoms. The fourth-order valence-electron chi connectivity index (χ4n) is 5.15. The minimum atomic E-state index is -0.114. The van der Waals surface area contributed by atoms with E-state index in [9.17, 15) is 9.59 Å². The van der Waals surface area contributed by atoms with Gasteiger partial charge in [0.15, 0.2) is 0 Å². The van der Waals surface area contributed by atoms with E-state index in [2.05, 4.69) is 79.8 Å². The number of benzene rings is 2. The number of ether oxygens (including phenoxy) is 2. The highest BCUT2D eigenvalue weighted by atomic mass is 79.9. The Morgan fingerprint density at radius 2 is 1.06 bits per heavy atom. The Balaban J connectivity index is 0.000000201. The minimum Gasteiger partial charge on any atom is -0.468 e. The first-order chi connectivity index (χ1) is 17.3. The molecule has 0 aromatic heterocycles. The summed E-state index contributed by atoms with van der Waals surface area (Å²) in [6.07, 6.45) is 3.91. The van der Waals surface area contributed by atoms with Gasteiger partial charge in [-0.1, -0.05) is 56.1 Å². The lowest BCUT2D eigenvalue weighted by Crippen LogP contribution is -2.38. The second kappa shape index (κ2) is 13.7. The van der Waals surface area contributed by atoms with Gasteiger partial charge in [-0.05, 0) is 88.0 Å². The molecule has 4 rings (SSSR count). The molecule has 0 unspecified atom stereocenters. The van der Waals surface area contributed by atoms with Gasteiger partial charge < -0.3 is 9.47 Å². The molecule has 6 nitrogen and oxygen atoms in total. The number of carbonyl (C=O) groups is 2. The second-order valence-corrected chi connectivity index (χ2v) is 11.1. The zero-order valence-corrected chi connectivity index (χ0v) is 24.6. The van der Waals surface area contributed by atoms with E-state index in [4.69, 9.17) is 9.47 Å². The average Bonchev–Trinajstić information content (AvgIpc) is 3.58. The Labute approximate surface area is 231 Å². The molecule has 2 aliphatic heterocycles. The van der Waals surface area contributed by atoms with Crippen LogP contribution in [0.4, 0.5) is 0 Å². The van der Waals surface area contributed by atoms with Crippen LogP contribution in [0, 0.1) is 0 Å². The van der Waals surface area contributed by atoms with E-state index in [1.54, 1.807) is 0 Å². The summed E-state index contributed by atoms with van der Waals surface area (Å²) in [6, 6.07) is 16.8. The lowest BCUT2D eigenvalue weighted by Gasteiger charge is -2.29. The van der Waals surface area contributed by atoms with Crippen molar-refractivity contribution in [3.63, 3.8) is 0 Å². The lowest BCUT2D eigenvalue weighted by molar-refractivity contribution is -0.147. The number of hydrogen-bond donors (Lipinski definition) is 0. The fraction of sp³-hybridized carbons (Fsp3) is 0.500. The van der Waals surface area contributed by atoms with E-state index in [0.717, 1.165) is 47.7 Å². The molecule has 2 heterocycles. The molecule has 2 fully saturated rings. The van der Waals surface area contributed by atoms with Crippen molar-refractivity contribution in [2.75, 3.05) is 27.3 Å².